The molecule has 3 N–H and O–H groups in total. The molecule has 20 heavy (non-hydrogen) atoms. The standard InChI is InChI=1S/C15H13NO4/c1-9-8-11(4-7-13(9)16)15(19)20-12-5-2-10(3-6-12)14(17)18/h2-8H,16H2,1H3,(H,17,18). The molecule has 5 heteroatoms. The van der Waals surface area contributed by atoms with Crippen LogP contribution in [0.15, 0.2) is 42.5 Å². The number of benzene rings is 2. The highest BCUT2D eigenvalue weighted by molar-refractivity contribution is 5.92. The number of carboxylic acid groups (broad SMARTS) is 1. The van der Waals surface area contributed by atoms with Crippen LogP contribution < -0.4 is 10.5 Å². The summed E-state index contributed by atoms with van der Waals surface area (Å²) < 4.78 is 5.16. The maximum Gasteiger partial charge on any atom is 0.343 e. The lowest BCUT2D eigenvalue weighted by Crippen LogP contribution is -2.09. The predicted octanol–water partition coefficient (Wildman–Crippen LogP) is 2.49. The SMILES string of the molecule is Cc1cc(C(=O)Oc2ccc(C(=O)O)cc2)ccc1N. The molecule has 2 rings (SSSR count). The van der Waals surface area contributed by atoms with Gasteiger partial charge in [0.1, 0.15) is 5.75 Å². The summed E-state index contributed by atoms with van der Waals surface area (Å²) >= 11 is 0. The first-order valence-electron chi connectivity index (χ1n) is 5.89. The van der Waals surface area contributed by atoms with Crippen LogP contribution in [0.3, 0.4) is 0 Å². The van der Waals surface area contributed by atoms with Crippen LogP contribution in [0.1, 0.15) is 26.3 Å². The van der Waals surface area contributed by atoms with Crippen molar-refractivity contribution in [2.24, 2.45) is 0 Å². The first-order valence-corrected chi connectivity index (χ1v) is 5.89. The molecule has 5 nitrogen and oxygen atoms in total. The van der Waals surface area contributed by atoms with Gasteiger partial charge >= 0.3 is 11.9 Å². The first kappa shape index (κ1) is 13.6. The summed E-state index contributed by atoms with van der Waals surface area (Å²) in [6, 6.07) is 10.5. The second-order valence-corrected chi connectivity index (χ2v) is 4.29. The van der Waals surface area contributed by atoms with Crippen molar-refractivity contribution in [3.8, 4) is 5.75 Å². The maximum absolute atomic E-state index is 11.9. The van der Waals surface area contributed by atoms with E-state index in [0.29, 0.717) is 11.3 Å². The molecule has 2 aromatic rings. The zero-order valence-corrected chi connectivity index (χ0v) is 10.8. The first-order chi connectivity index (χ1) is 9.47. The average molecular weight is 271 g/mol. The van der Waals surface area contributed by atoms with Gasteiger partial charge in [0.2, 0.25) is 0 Å². The fraction of sp³-hybridized carbons (Fsp3) is 0.0667. The smallest absolute Gasteiger partial charge is 0.343 e. The number of aryl methyl sites for hydroxylation is 1. The lowest BCUT2D eigenvalue weighted by molar-refractivity contribution is 0.0696. The Labute approximate surface area is 115 Å². The molecule has 102 valence electrons. The zero-order valence-electron chi connectivity index (χ0n) is 10.8. The second-order valence-electron chi connectivity index (χ2n) is 4.29. The topological polar surface area (TPSA) is 89.6 Å². The van der Waals surface area contributed by atoms with E-state index in [-0.39, 0.29) is 11.3 Å². The molecule has 0 bridgehead atoms. The van der Waals surface area contributed by atoms with Crippen molar-refractivity contribution < 1.29 is 19.4 Å². The third kappa shape index (κ3) is 2.95. The summed E-state index contributed by atoms with van der Waals surface area (Å²) in [5.74, 6) is -1.26. The summed E-state index contributed by atoms with van der Waals surface area (Å²) in [4.78, 5) is 22.6. The molecule has 0 saturated heterocycles. The number of carbonyl (C=O) groups is 2. The van der Waals surface area contributed by atoms with Gasteiger partial charge in [-0.3, -0.25) is 0 Å². The molecule has 0 aliphatic rings. The van der Waals surface area contributed by atoms with Gasteiger partial charge in [0.05, 0.1) is 11.1 Å². The number of aromatic carboxylic acids is 1. The van der Waals surface area contributed by atoms with Gasteiger partial charge in [-0.05, 0) is 55.0 Å². The predicted molar refractivity (Wildman–Crippen MR) is 74.0 cm³/mol. The second kappa shape index (κ2) is 5.44. The molecule has 0 aliphatic carbocycles. The summed E-state index contributed by atoms with van der Waals surface area (Å²) in [5.41, 5.74) is 7.60. The number of hydrogen-bond acceptors (Lipinski definition) is 4. The van der Waals surface area contributed by atoms with E-state index in [1.54, 1.807) is 25.1 Å². The molecule has 0 atom stereocenters. The molecule has 0 saturated carbocycles. The number of nitrogens with two attached hydrogens (primary N) is 1. The number of hydrogen-bond donors (Lipinski definition) is 2. The summed E-state index contributed by atoms with van der Waals surface area (Å²) in [6.45, 7) is 1.80. The molecule has 0 fully saturated rings. The quantitative estimate of drug-likeness (QED) is 0.508. The van der Waals surface area contributed by atoms with E-state index >= 15 is 0 Å². The van der Waals surface area contributed by atoms with Gasteiger partial charge in [-0.15, -0.1) is 0 Å². The van der Waals surface area contributed by atoms with E-state index in [1.165, 1.54) is 24.3 Å². The maximum atomic E-state index is 11.9. The van der Waals surface area contributed by atoms with Crippen LogP contribution in [0.4, 0.5) is 5.69 Å². The van der Waals surface area contributed by atoms with Crippen molar-refractivity contribution in [3.63, 3.8) is 0 Å². The Kier molecular flexibility index (Phi) is 3.70. The van der Waals surface area contributed by atoms with Crippen molar-refractivity contribution in [2.75, 3.05) is 5.73 Å². The van der Waals surface area contributed by atoms with Crippen molar-refractivity contribution in [2.45, 2.75) is 6.92 Å². The van der Waals surface area contributed by atoms with Gasteiger partial charge in [-0.25, -0.2) is 9.59 Å². The fourth-order valence-corrected chi connectivity index (χ4v) is 1.63. The van der Waals surface area contributed by atoms with Crippen LogP contribution in [0.2, 0.25) is 0 Å². The van der Waals surface area contributed by atoms with E-state index in [4.69, 9.17) is 15.6 Å². The Morgan fingerprint density at radius 2 is 1.65 bits per heavy atom. The minimum absolute atomic E-state index is 0.133. The molecule has 0 aromatic heterocycles. The van der Waals surface area contributed by atoms with Gasteiger partial charge in [0.25, 0.3) is 0 Å². The molecular formula is C15H13NO4. The molecule has 2 aromatic carbocycles. The van der Waals surface area contributed by atoms with Gasteiger partial charge in [0, 0.05) is 5.69 Å². The Balaban J connectivity index is 2.14. The summed E-state index contributed by atoms with van der Waals surface area (Å²) in [7, 11) is 0. The lowest BCUT2D eigenvalue weighted by atomic mass is 10.1. The average Bonchev–Trinajstić information content (AvgIpc) is 2.42. The summed E-state index contributed by atoms with van der Waals surface area (Å²) in [6.07, 6.45) is 0. The monoisotopic (exact) mass is 271 g/mol. The van der Waals surface area contributed by atoms with E-state index in [0.717, 1.165) is 5.56 Å². The van der Waals surface area contributed by atoms with E-state index < -0.39 is 11.9 Å². The van der Waals surface area contributed by atoms with Crippen molar-refractivity contribution in [1.82, 2.24) is 0 Å². The number of nitrogen functional groups attached to an aromatic ring is 1. The van der Waals surface area contributed by atoms with Crippen LogP contribution in [-0.4, -0.2) is 17.0 Å². The van der Waals surface area contributed by atoms with E-state index in [9.17, 15) is 9.59 Å². The zero-order chi connectivity index (χ0) is 14.7. The fourth-order valence-electron chi connectivity index (χ4n) is 1.63. The van der Waals surface area contributed by atoms with Crippen LogP contribution >= 0.6 is 0 Å². The highest BCUT2D eigenvalue weighted by Gasteiger charge is 2.10. The van der Waals surface area contributed by atoms with Gasteiger partial charge in [0.15, 0.2) is 0 Å². The van der Waals surface area contributed by atoms with Gasteiger partial charge in [-0.2, -0.15) is 0 Å². The Bertz CT molecular complexity index is 662. The van der Waals surface area contributed by atoms with Crippen LogP contribution in [0.25, 0.3) is 0 Å². The number of esters is 1. The molecule has 0 radical (unpaired) electrons. The molecule has 0 heterocycles. The van der Waals surface area contributed by atoms with Crippen LogP contribution in [-0.2, 0) is 0 Å². The summed E-state index contributed by atoms with van der Waals surface area (Å²) in [5, 5.41) is 8.77. The highest BCUT2D eigenvalue weighted by Crippen LogP contribution is 2.17. The van der Waals surface area contributed by atoms with E-state index in [1.807, 2.05) is 0 Å². The molecule has 0 aliphatic heterocycles. The minimum Gasteiger partial charge on any atom is -0.478 e. The van der Waals surface area contributed by atoms with Crippen LogP contribution in [0, 0.1) is 6.92 Å². The van der Waals surface area contributed by atoms with Gasteiger partial charge < -0.3 is 15.6 Å². The molecule has 0 amide bonds. The highest BCUT2D eigenvalue weighted by atomic mass is 16.5. The number of anilines is 1. The third-order valence-corrected chi connectivity index (χ3v) is 2.82. The normalized spacial score (nSPS) is 10.1. The molecule has 0 unspecified atom stereocenters. The Morgan fingerprint density at radius 3 is 2.20 bits per heavy atom. The number of carboxylic acids is 1. The third-order valence-electron chi connectivity index (χ3n) is 2.82. The molecular weight excluding hydrogens is 258 g/mol. The Morgan fingerprint density at radius 1 is 1.05 bits per heavy atom. The Hall–Kier alpha value is -2.82. The van der Waals surface area contributed by atoms with Crippen molar-refractivity contribution in [3.05, 3.63) is 59.2 Å². The van der Waals surface area contributed by atoms with E-state index in [2.05, 4.69) is 0 Å². The largest absolute Gasteiger partial charge is 0.478 e. The van der Waals surface area contributed by atoms with Crippen LogP contribution in [0.5, 0.6) is 5.75 Å². The molecule has 0 spiro atoms. The minimum atomic E-state index is -1.03. The lowest BCUT2D eigenvalue weighted by Gasteiger charge is -2.06. The van der Waals surface area contributed by atoms with Crippen molar-refractivity contribution >= 4 is 17.6 Å². The van der Waals surface area contributed by atoms with Gasteiger partial charge in [-0.1, -0.05) is 0 Å². The number of ether oxygens (including phenoxy) is 1. The number of rotatable bonds is 3. The van der Waals surface area contributed by atoms with Crippen molar-refractivity contribution in [1.29, 1.82) is 0 Å². The number of carbonyl (C=O) groups excluding carboxylic acids is 1.